The number of hydrogen-bond donors (Lipinski definition) is 1. The number of nitrogens with zero attached hydrogens (tertiary/aromatic N) is 2. The molecule has 1 fully saturated rings. The van der Waals surface area contributed by atoms with Gasteiger partial charge in [-0.1, -0.05) is 12.1 Å². The van der Waals surface area contributed by atoms with Gasteiger partial charge in [0.1, 0.15) is 0 Å². The standard InChI is InChI=1S/C16H23N3O4/c1-2-23-12-14-4-3-9-18(11-14)16(20)17-10-13-5-7-15(8-6-13)19(21)22/h5-8,14H,2-4,9-12H2,1H3,(H,17,20). The number of nitro groups is 1. The summed E-state index contributed by atoms with van der Waals surface area (Å²) in [5.74, 6) is 0.397. The number of hydrogen-bond acceptors (Lipinski definition) is 4. The second-order valence-corrected chi connectivity index (χ2v) is 5.70. The van der Waals surface area contributed by atoms with Crippen LogP contribution in [0.15, 0.2) is 24.3 Å². The summed E-state index contributed by atoms with van der Waals surface area (Å²) in [5.41, 5.74) is 0.890. The van der Waals surface area contributed by atoms with Crippen molar-refractivity contribution in [2.24, 2.45) is 5.92 Å². The molecule has 0 radical (unpaired) electrons. The average Bonchev–Trinajstić information content (AvgIpc) is 2.58. The van der Waals surface area contributed by atoms with Crippen LogP contribution in [-0.2, 0) is 11.3 Å². The van der Waals surface area contributed by atoms with E-state index in [1.54, 1.807) is 12.1 Å². The fourth-order valence-electron chi connectivity index (χ4n) is 2.70. The van der Waals surface area contributed by atoms with Crippen molar-refractivity contribution < 1.29 is 14.5 Å². The lowest BCUT2D eigenvalue weighted by Crippen LogP contribution is -2.46. The summed E-state index contributed by atoms with van der Waals surface area (Å²) in [6, 6.07) is 6.12. The molecule has 0 saturated carbocycles. The van der Waals surface area contributed by atoms with Crippen LogP contribution in [0.2, 0.25) is 0 Å². The first-order valence-corrected chi connectivity index (χ1v) is 7.94. The highest BCUT2D eigenvalue weighted by Crippen LogP contribution is 2.17. The van der Waals surface area contributed by atoms with E-state index in [0.717, 1.165) is 24.9 Å². The van der Waals surface area contributed by atoms with E-state index in [2.05, 4.69) is 5.32 Å². The molecule has 1 aromatic rings. The fraction of sp³-hybridized carbons (Fsp3) is 0.562. The lowest BCUT2D eigenvalue weighted by atomic mass is 9.99. The highest BCUT2D eigenvalue weighted by molar-refractivity contribution is 5.74. The van der Waals surface area contributed by atoms with E-state index in [1.807, 2.05) is 11.8 Å². The molecule has 0 aromatic heterocycles. The van der Waals surface area contributed by atoms with Crippen LogP contribution >= 0.6 is 0 Å². The molecule has 1 unspecified atom stereocenters. The molecule has 0 aliphatic carbocycles. The minimum absolute atomic E-state index is 0.0508. The van der Waals surface area contributed by atoms with Gasteiger partial charge in [-0.3, -0.25) is 10.1 Å². The summed E-state index contributed by atoms with van der Waals surface area (Å²) in [6.07, 6.45) is 2.08. The maximum Gasteiger partial charge on any atom is 0.317 e. The molecule has 1 atom stereocenters. The van der Waals surface area contributed by atoms with Crippen molar-refractivity contribution in [3.8, 4) is 0 Å². The van der Waals surface area contributed by atoms with E-state index in [4.69, 9.17) is 4.74 Å². The highest BCUT2D eigenvalue weighted by Gasteiger charge is 2.23. The zero-order valence-corrected chi connectivity index (χ0v) is 13.4. The first-order valence-electron chi connectivity index (χ1n) is 7.94. The van der Waals surface area contributed by atoms with Crippen molar-refractivity contribution in [3.05, 3.63) is 39.9 Å². The van der Waals surface area contributed by atoms with Crippen LogP contribution < -0.4 is 5.32 Å². The Morgan fingerprint density at radius 2 is 2.17 bits per heavy atom. The molecule has 7 nitrogen and oxygen atoms in total. The summed E-state index contributed by atoms with van der Waals surface area (Å²) >= 11 is 0. The third kappa shape index (κ3) is 5.21. The summed E-state index contributed by atoms with van der Waals surface area (Å²) in [7, 11) is 0. The van der Waals surface area contributed by atoms with Gasteiger partial charge in [0.25, 0.3) is 5.69 Å². The molecule has 23 heavy (non-hydrogen) atoms. The number of rotatable bonds is 6. The van der Waals surface area contributed by atoms with Gasteiger partial charge < -0.3 is 15.0 Å². The number of non-ortho nitro benzene ring substituents is 1. The molecule has 2 rings (SSSR count). The Bertz CT molecular complexity index is 533. The number of piperidine rings is 1. The molecule has 1 heterocycles. The van der Waals surface area contributed by atoms with Crippen LogP contribution in [0.25, 0.3) is 0 Å². The smallest absolute Gasteiger partial charge is 0.317 e. The van der Waals surface area contributed by atoms with Gasteiger partial charge in [0.15, 0.2) is 0 Å². The van der Waals surface area contributed by atoms with Gasteiger partial charge in [-0.2, -0.15) is 0 Å². The molecule has 126 valence electrons. The van der Waals surface area contributed by atoms with Crippen molar-refractivity contribution in [3.63, 3.8) is 0 Å². The SMILES string of the molecule is CCOCC1CCCN(C(=O)NCc2ccc([N+](=O)[O-])cc2)C1. The summed E-state index contributed by atoms with van der Waals surface area (Å²) in [5, 5.41) is 13.5. The van der Waals surface area contributed by atoms with E-state index < -0.39 is 4.92 Å². The largest absolute Gasteiger partial charge is 0.381 e. The number of likely N-dealkylation sites (tertiary alicyclic amines) is 1. The molecule has 1 aliphatic rings. The predicted octanol–water partition coefficient (Wildman–Crippen LogP) is 2.55. The lowest BCUT2D eigenvalue weighted by Gasteiger charge is -2.32. The first-order chi connectivity index (χ1) is 11.1. The van der Waals surface area contributed by atoms with Gasteiger partial charge in [0, 0.05) is 44.3 Å². The van der Waals surface area contributed by atoms with Gasteiger partial charge in [0.05, 0.1) is 11.5 Å². The number of ether oxygens (including phenoxy) is 1. The summed E-state index contributed by atoms with van der Waals surface area (Å²) in [4.78, 5) is 24.2. The maximum atomic E-state index is 12.2. The quantitative estimate of drug-likeness (QED) is 0.644. The third-order valence-corrected chi connectivity index (χ3v) is 3.95. The molecule has 1 aliphatic heterocycles. The van der Waals surface area contributed by atoms with Gasteiger partial charge in [-0.05, 0) is 25.3 Å². The number of nitrogens with one attached hydrogen (secondary N) is 1. The summed E-state index contributed by atoms with van der Waals surface area (Å²) in [6.45, 7) is 5.20. The normalized spacial score (nSPS) is 17.8. The molecule has 7 heteroatoms. The molecule has 2 amide bonds. The number of urea groups is 1. The van der Waals surface area contributed by atoms with E-state index in [0.29, 0.717) is 32.2 Å². The van der Waals surface area contributed by atoms with E-state index in [1.165, 1.54) is 12.1 Å². The van der Waals surface area contributed by atoms with Crippen molar-refractivity contribution in [1.82, 2.24) is 10.2 Å². The lowest BCUT2D eigenvalue weighted by molar-refractivity contribution is -0.384. The monoisotopic (exact) mass is 321 g/mol. The van der Waals surface area contributed by atoms with E-state index in [9.17, 15) is 14.9 Å². The van der Waals surface area contributed by atoms with Crippen molar-refractivity contribution in [1.29, 1.82) is 0 Å². The van der Waals surface area contributed by atoms with Crippen LogP contribution in [0.3, 0.4) is 0 Å². The molecule has 1 saturated heterocycles. The Morgan fingerprint density at radius 3 is 2.83 bits per heavy atom. The Morgan fingerprint density at radius 1 is 1.43 bits per heavy atom. The molecule has 1 N–H and O–H groups in total. The van der Waals surface area contributed by atoms with Crippen molar-refractivity contribution in [2.45, 2.75) is 26.3 Å². The molecular formula is C16H23N3O4. The Balaban J connectivity index is 1.80. The average molecular weight is 321 g/mol. The highest BCUT2D eigenvalue weighted by atomic mass is 16.6. The van der Waals surface area contributed by atoms with Crippen molar-refractivity contribution in [2.75, 3.05) is 26.3 Å². The van der Waals surface area contributed by atoms with E-state index >= 15 is 0 Å². The van der Waals surface area contributed by atoms with Crippen LogP contribution in [-0.4, -0.2) is 42.2 Å². The number of benzene rings is 1. The topological polar surface area (TPSA) is 84.7 Å². The zero-order valence-electron chi connectivity index (χ0n) is 13.4. The van der Waals surface area contributed by atoms with E-state index in [-0.39, 0.29) is 11.7 Å². The van der Waals surface area contributed by atoms with Gasteiger partial charge in [-0.25, -0.2) is 4.79 Å². The minimum atomic E-state index is -0.436. The zero-order chi connectivity index (χ0) is 16.7. The van der Waals surface area contributed by atoms with Crippen LogP contribution in [0.4, 0.5) is 10.5 Å². The molecule has 0 bridgehead atoms. The number of carbonyl (C=O) groups is 1. The number of carbonyl (C=O) groups excluding carboxylic acids is 1. The van der Waals surface area contributed by atoms with Gasteiger partial charge >= 0.3 is 6.03 Å². The predicted molar refractivity (Wildman–Crippen MR) is 86.1 cm³/mol. The minimum Gasteiger partial charge on any atom is -0.381 e. The van der Waals surface area contributed by atoms with Crippen LogP contribution in [0, 0.1) is 16.0 Å². The Labute approximate surface area is 135 Å². The fourth-order valence-corrected chi connectivity index (χ4v) is 2.70. The maximum absolute atomic E-state index is 12.2. The molecule has 0 spiro atoms. The number of nitro benzene ring substituents is 1. The second kappa shape index (κ2) is 8.47. The molecular weight excluding hydrogens is 298 g/mol. The number of amides is 2. The van der Waals surface area contributed by atoms with Crippen LogP contribution in [0.1, 0.15) is 25.3 Å². The van der Waals surface area contributed by atoms with Crippen LogP contribution in [0.5, 0.6) is 0 Å². The second-order valence-electron chi connectivity index (χ2n) is 5.70. The van der Waals surface area contributed by atoms with Crippen molar-refractivity contribution >= 4 is 11.7 Å². The first kappa shape index (κ1) is 17.2. The summed E-state index contributed by atoms with van der Waals surface area (Å²) < 4.78 is 5.45. The third-order valence-electron chi connectivity index (χ3n) is 3.95. The van der Waals surface area contributed by atoms with Gasteiger partial charge in [-0.15, -0.1) is 0 Å². The Hall–Kier alpha value is -2.15. The Kier molecular flexibility index (Phi) is 6.34. The molecule has 1 aromatic carbocycles. The van der Waals surface area contributed by atoms with Gasteiger partial charge in [0.2, 0.25) is 0 Å².